The van der Waals surface area contributed by atoms with Crippen molar-refractivity contribution in [3.05, 3.63) is 59.3 Å². The molecule has 32 heavy (non-hydrogen) atoms. The number of rotatable bonds is 6. The molecule has 0 saturated heterocycles. The lowest BCUT2D eigenvalue weighted by Crippen LogP contribution is -2.58. The maximum atomic E-state index is 13.9. The van der Waals surface area contributed by atoms with Crippen molar-refractivity contribution in [2.45, 2.75) is 65.1 Å². The quantitative estimate of drug-likeness (QED) is 0.735. The molecule has 0 saturated carbocycles. The lowest BCUT2D eigenvalue weighted by atomic mass is 9.89. The minimum atomic E-state index is -1.27. The highest BCUT2D eigenvalue weighted by atomic mass is 16.4. The third kappa shape index (κ3) is 4.98. The van der Waals surface area contributed by atoms with E-state index in [0.717, 1.165) is 5.56 Å². The molecule has 170 valence electrons. The van der Waals surface area contributed by atoms with Crippen molar-refractivity contribution in [1.29, 1.82) is 0 Å². The van der Waals surface area contributed by atoms with Gasteiger partial charge in [0.2, 0.25) is 11.8 Å². The zero-order valence-corrected chi connectivity index (χ0v) is 18.8. The van der Waals surface area contributed by atoms with Gasteiger partial charge < -0.3 is 14.9 Å². The Bertz CT molecular complexity index is 964. The molecule has 0 aromatic heterocycles. The summed E-state index contributed by atoms with van der Waals surface area (Å²) in [6.45, 7) is 5.56. The number of hydrogen-bond acceptors (Lipinski definition) is 4. The topological polar surface area (TPSA) is 95.0 Å². The molecule has 0 unspecified atom stereocenters. The van der Waals surface area contributed by atoms with E-state index in [0.29, 0.717) is 18.5 Å². The fourth-order valence-corrected chi connectivity index (χ4v) is 4.37. The molecule has 1 aliphatic heterocycles. The van der Waals surface area contributed by atoms with Crippen LogP contribution in [0.2, 0.25) is 0 Å². The number of carbonyl (C=O) groups excluding carboxylic acids is 3. The van der Waals surface area contributed by atoms with Gasteiger partial charge >= 0.3 is 5.97 Å². The number of benzene rings is 1. The number of amides is 2. The lowest BCUT2D eigenvalue weighted by molar-refractivity contribution is -0.156. The van der Waals surface area contributed by atoms with Crippen molar-refractivity contribution in [1.82, 2.24) is 9.80 Å². The van der Waals surface area contributed by atoms with Gasteiger partial charge in [0, 0.05) is 25.3 Å². The molecule has 1 N–H and O–H groups in total. The molecule has 2 amide bonds. The standard InChI is InChI=1S/C25H30N2O5/c1-16(2)12-13-21-24(30)26(15-18-8-5-4-6-9-18)20-10-7-11-23(29)19(20)14-22(25(31)32)27(21)17(3)28/h4-10,16,21-22H,11-15H2,1-3H3,(H,31,32)/t21-,22+/m1/s1. The first-order chi connectivity index (χ1) is 15.2. The highest BCUT2D eigenvalue weighted by molar-refractivity contribution is 6.02. The van der Waals surface area contributed by atoms with Crippen LogP contribution in [0.15, 0.2) is 53.8 Å². The number of nitrogens with zero attached hydrogens (tertiary/aromatic N) is 2. The van der Waals surface area contributed by atoms with E-state index in [1.807, 2.05) is 44.2 Å². The summed E-state index contributed by atoms with van der Waals surface area (Å²) in [7, 11) is 0. The Labute approximate surface area is 188 Å². The van der Waals surface area contributed by atoms with Crippen LogP contribution in [0, 0.1) is 5.92 Å². The summed E-state index contributed by atoms with van der Waals surface area (Å²) in [5.41, 5.74) is 1.61. The SMILES string of the molecule is CC(=O)N1[C@H](CCC(C)C)C(=O)N(Cc2ccccc2)C2=C(C[C@H]1C(=O)O)C(=O)CC=C2. The zero-order chi connectivity index (χ0) is 23.4. The van der Waals surface area contributed by atoms with Crippen molar-refractivity contribution < 1.29 is 24.3 Å². The number of carboxylic acid groups (broad SMARTS) is 1. The second-order valence-corrected chi connectivity index (χ2v) is 8.77. The van der Waals surface area contributed by atoms with Crippen LogP contribution in [0.3, 0.4) is 0 Å². The molecular weight excluding hydrogens is 408 g/mol. The molecule has 0 spiro atoms. The molecule has 0 fully saturated rings. The van der Waals surface area contributed by atoms with Gasteiger partial charge in [-0.3, -0.25) is 14.4 Å². The first-order valence-corrected chi connectivity index (χ1v) is 11.0. The summed E-state index contributed by atoms with van der Waals surface area (Å²) in [6, 6.07) is 7.23. The smallest absolute Gasteiger partial charge is 0.326 e. The maximum Gasteiger partial charge on any atom is 0.326 e. The third-order valence-electron chi connectivity index (χ3n) is 5.99. The van der Waals surface area contributed by atoms with E-state index in [1.54, 1.807) is 17.1 Å². The number of Topliss-reactive ketones (excluding diaryl/α,β-unsaturated/α-hetero) is 1. The van der Waals surface area contributed by atoms with Crippen LogP contribution in [0.1, 0.15) is 52.0 Å². The van der Waals surface area contributed by atoms with Gasteiger partial charge in [0.05, 0.1) is 12.2 Å². The first-order valence-electron chi connectivity index (χ1n) is 11.0. The van der Waals surface area contributed by atoms with E-state index in [-0.39, 0.29) is 42.6 Å². The molecular formula is C25H30N2O5. The fourth-order valence-electron chi connectivity index (χ4n) is 4.37. The van der Waals surface area contributed by atoms with E-state index in [2.05, 4.69) is 0 Å². The molecule has 1 heterocycles. The second kappa shape index (κ2) is 9.94. The lowest BCUT2D eigenvalue weighted by Gasteiger charge is -2.41. The predicted octanol–water partition coefficient (Wildman–Crippen LogP) is 3.31. The molecule has 1 aromatic rings. The van der Waals surface area contributed by atoms with Crippen LogP contribution < -0.4 is 0 Å². The maximum absolute atomic E-state index is 13.9. The van der Waals surface area contributed by atoms with E-state index in [1.165, 1.54) is 11.8 Å². The molecule has 3 rings (SSSR count). The predicted molar refractivity (Wildman–Crippen MR) is 119 cm³/mol. The van der Waals surface area contributed by atoms with Gasteiger partial charge in [-0.15, -0.1) is 0 Å². The monoisotopic (exact) mass is 438 g/mol. The van der Waals surface area contributed by atoms with E-state index in [9.17, 15) is 24.3 Å². The number of aliphatic carboxylic acids is 1. The van der Waals surface area contributed by atoms with Gasteiger partial charge in [-0.2, -0.15) is 0 Å². The molecule has 1 aromatic carbocycles. The Kier molecular flexibility index (Phi) is 7.28. The van der Waals surface area contributed by atoms with Gasteiger partial charge in [-0.05, 0) is 30.4 Å². The molecule has 0 bridgehead atoms. The second-order valence-electron chi connectivity index (χ2n) is 8.77. The molecule has 1 aliphatic carbocycles. The van der Waals surface area contributed by atoms with Gasteiger partial charge in [-0.25, -0.2) is 4.79 Å². The van der Waals surface area contributed by atoms with Crippen molar-refractivity contribution in [2.24, 2.45) is 5.92 Å². The van der Waals surface area contributed by atoms with Crippen LogP contribution >= 0.6 is 0 Å². The van der Waals surface area contributed by atoms with E-state index in [4.69, 9.17) is 0 Å². The Morgan fingerprint density at radius 1 is 1.16 bits per heavy atom. The average Bonchev–Trinajstić information content (AvgIpc) is 2.73. The number of carboxylic acids is 1. The molecule has 7 nitrogen and oxygen atoms in total. The summed E-state index contributed by atoms with van der Waals surface area (Å²) in [4.78, 5) is 54.3. The third-order valence-corrected chi connectivity index (χ3v) is 5.99. The van der Waals surface area contributed by atoms with E-state index < -0.39 is 24.0 Å². The summed E-state index contributed by atoms with van der Waals surface area (Å²) < 4.78 is 0. The van der Waals surface area contributed by atoms with Crippen LogP contribution in [0.4, 0.5) is 0 Å². The molecule has 2 atom stereocenters. The molecule has 0 radical (unpaired) electrons. The number of carbonyl (C=O) groups is 4. The summed E-state index contributed by atoms with van der Waals surface area (Å²) in [5.74, 6) is -2.00. The Morgan fingerprint density at radius 2 is 1.84 bits per heavy atom. The minimum Gasteiger partial charge on any atom is -0.480 e. The van der Waals surface area contributed by atoms with E-state index >= 15 is 0 Å². The number of ketones is 1. The molecule has 7 heteroatoms. The normalized spacial score (nSPS) is 21.5. The highest BCUT2D eigenvalue weighted by Crippen LogP contribution is 2.32. The number of hydrogen-bond donors (Lipinski definition) is 1. The molecule has 2 aliphatic rings. The van der Waals surface area contributed by atoms with Gasteiger partial charge in [0.25, 0.3) is 0 Å². The zero-order valence-electron chi connectivity index (χ0n) is 18.8. The van der Waals surface area contributed by atoms with Crippen LogP contribution in [0.25, 0.3) is 0 Å². The first kappa shape index (κ1) is 23.4. The van der Waals surface area contributed by atoms with Crippen molar-refractivity contribution >= 4 is 23.6 Å². The fraction of sp³-hybridized carbons (Fsp3) is 0.440. The van der Waals surface area contributed by atoms with Gasteiger partial charge in [0.15, 0.2) is 5.78 Å². The van der Waals surface area contributed by atoms with Crippen LogP contribution in [-0.4, -0.2) is 50.6 Å². The summed E-state index contributed by atoms with van der Waals surface area (Å²) in [6.07, 6.45) is 4.48. The Morgan fingerprint density at radius 3 is 2.44 bits per heavy atom. The number of allylic oxidation sites excluding steroid dienone is 2. The Hall–Kier alpha value is -3.22. The van der Waals surface area contributed by atoms with Crippen LogP contribution in [0.5, 0.6) is 0 Å². The summed E-state index contributed by atoms with van der Waals surface area (Å²) in [5, 5.41) is 9.96. The Balaban J connectivity index is 2.17. The van der Waals surface area contributed by atoms with Crippen molar-refractivity contribution in [3.8, 4) is 0 Å². The van der Waals surface area contributed by atoms with Gasteiger partial charge in [0.1, 0.15) is 12.1 Å². The van der Waals surface area contributed by atoms with Crippen molar-refractivity contribution in [3.63, 3.8) is 0 Å². The average molecular weight is 439 g/mol. The minimum absolute atomic E-state index is 0.121. The van der Waals surface area contributed by atoms with Crippen molar-refractivity contribution in [2.75, 3.05) is 0 Å². The largest absolute Gasteiger partial charge is 0.480 e. The van der Waals surface area contributed by atoms with Gasteiger partial charge in [-0.1, -0.05) is 50.3 Å². The summed E-state index contributed by atoms with van der Waals surface area (Å²) >= 11 is 0. The highest BCUT2D eigenvalue weighted by Gasteiger charge is 2.43. The van der Waals surface area contributed by atoms with Crippen LogP contribution in [-0.2, 0) is 25.7 Å².